The van der Waals surface area contributed by atoms with Gasteiger partial charge >= 0.3 is 0 Å². The lowest BCUT2D eigenvalue weighted by atomic mass is 9.90. The van der Waals surface area contributed by atoms with Crippen LogP contribution < -0.4 is 10.1 Å². The van der Waals surface area contributed by atoms with Crippen molar-refractivity contribution in [2.24, 2.45) is 0 Å². The summed E-state index contributed by atoms with van der Waals surface area (Å²) in [5.41, 5.74) is 3.93. The monoisotopic (exact) mass is 191 g/mol. The lowest BCUT2D eigenvalue weighted by Gasteiger charge is -2.29. The number of aryl methyl sites for hydroxylation is 2. The molecule has 0 saturated carbocycles. The molecular weight excluding hydrogens is 174 g/mol. The first-order valence-electron chi connectivity index (χ1n) is 5.08. The minimum atomic E-state index is 0.642. The van der Waals surface area contributed by atoms with Crippen molar-refractivity contribution < 1.29 is 4.74 Å². The summed E-state index contributed by atoms with van der Waals surface area (Å²) in [6.07, 6.45) is 0. The van der Waals surface area contributed by atoms with Gasteiger partial charge in [0.1, 0.15) is 5.75 Å². The van der Waals surface area contributed by atoms with Gasteiger partial charge in [-0.15, -0.1) is 0 Å². The van der Waals surface area contributed by atoms with E-state index >= 15 is 0 Å². The first-order chi connectivity index (χ1) is 6.72. The molecule has 0 radical (unpaired) electrons. The zero-order valence-electron chi connectivity index (χ0n) is 9.05. The molecule has 1 saturated heterocycles. The Labute approximate surface area is 85.3 Å². The highest BCUT2D eigenvalue weighted by molar-refractivity contribution is 5.46. The number of ether oxygens (including phenoxy) is 1. The highest BCUT2D eigenvalue weighted by atomic mass is 16.5. The van der Waals surface area contributed by atoms with Crippen LogP contribution >= 0.6 is 0 Å². The Hall–Kier alpha value is -1.02. The molecule has 1 heterocycles. The van der Waals surface area contributed by atoms with Gasteiger partial charge < -0.3 is 10.1 Å². The molecule has 0 amide bonds. The fraction of sp³-hybridized carbons (Fsp3) is 0.500. The summed E-state index contributed by atoms with van der Waals surface area (Å²) in [7, 11) is 1.76. The van der Waals surface area contributed by atoms with E-state index in [-0.39, 0.29) is 0 Å². The van der Waals surface area contributed by atoms with E-state index in [9.17, 15) is 0 Å². The summed E-state index contributed by atoms with van der Waals surface area (Å²) in [6, 6.07) is 4.42. The van der Waals surface area contributed by atoms with Crippen LogP contribution in [-0.4, -0.2) is 20.2 Å². The van der Waals surface area contributed by atoms with Gasteiger partial charge in [0.2, 0.25) is 0 Å². The molecule has 14 heavy (non-hydrogen) atoms. The van der Waals surface area contributed by atoms with Gasteiger partial charge in [0.25, 0.3) is 0 Å². The van der Waals surface area contributed by atoms with E-state index < -0.39 is 0 Å². The van der Waals surface area contributed by atoms with Crippen LogP contribution in [0.2, 0.25) is 0 Å². The van der Waals surface area contributed by atoms with Crippen molar-refractivity contribution in [1.29, 1.82) is 0 Å². The zero-order chi connectivity index (χ0) is 10.1. The molecule has 0 spiro atoms. The van der Waals surface area contributed by atoms with Crippen LogP contribution in [0.3, 0.4) is 0 Å². The van der Waals surface area contributed by atoms with Crippen LogP contribution in [0.15, 0.2) is 12.1 Å². The zero-order valence-corrected chi connectivity index (χ0v) is 9.05. The molecule has 0 atom stereocenters. The van der Waals surface area contributed by atoms with Crippen LogP contribution in [0.1, 0.15) is 22.6 Å². The first-order valence-corrected chi connectivity index (χ1v) is 5.08. The smallest absolute Gasteiger partial charge is 0.125 e. The molecule has 2 rings (SSSR count). The molecule has 1 aromatic rings. The Morgan fingerprint density at radius 3 is 2.50 bits per heavy atom. The number of benzene rings is 1. The Balaban J connectivity index is 2.44. The molecule has 1 aliphatic rings. The van der Waals surface area contributed by atoms with Crippen molar-refractivity contribution in [3.05, 3.63) is 28.8 Å². The fourth-order valence-corrected chi connectivity index (χ4v) is 2.08. The quantitative estimate of drug-likeness (QED) is 0.772. The molecule has 2 nitrogen and oxygen atoms in total. The van der Waals surface area contributed by atoms with Crippen molar-refractivity contribution in [2.45, 2.75) is 19.8 Å². The summed E-state index contributed by atoms with van der Waals surface area (Å²) in [4.78, 5) is 0. The topological polar surface area (TPSA) is 21.3 Å². The van der Waals surface area contributed by atoms with Crippen molar-refractivity contribution in [3.8, 4) is 5.75 Å². The number of rotatable bonds is 2. The van der Waals surface area contributed by atoms with Crippen molar-refractivity contribution in [3.63, 3.8) is 0 Å². The molecule has 0 unspecified atom stereocenters. The normalized spacial score (nSPS) is 16.5. The standard InChI is InChI=1S/C12H17NO/c1-8-4-9(2)12(14-3)11(5-8)10-6-13-7-10/h4-5,10,13H,6-7H2,1-3H3. The molecule has 1 aromatic carbocycles. The Kier molecular flexibility index (Phi) is 2.46. The van der Waals surface area contributed by atoms with Gasteiger partial charge in [-0.3, -0.25) is 0 Å². The van der Waals surface area contributed by atoms with Gasteiger partial charge in [0, 0.05) is 24.6 Å². The van der Waals surface area contributed by atoms with E-state index in [1.165, 1.54) is 16.7 Å². The SMILES string of the molecule is COc1c(C)cc(C)cc1C1CNC1. The lowest BCUT2D eigenvalue weighted by molar-refractivity contribution is 0.382. The Morgan fingerprint density at radius 1 is 1.29 bits per heavy atom. The fourth-order valence-electron chi connectivity index (χ4n) is 2.08. The second-order valence-corrected chi connectivity index (χ2v) is 4.06. The van der Waals surface area contributed by atoms with Gasteiger partial charge in [-0.2, -0.15) is 0 Å². The third-order valence-electron chi connectivity index (χ3n) is 2.87. The molecule has 1 aliphatic heterocycles. The predicted molar refractivity (Wildman–Crippen MR) is 58.1 cm³/mol. The van der Waals surface area contributed by atoms with Crippen LogP contribution in [0.4, 0.5) is 0 Å². The minimum absolute atomic E-state index is 0.642. The van der Waals surface area contributed by atoms with E-state index in [2.05, 4.69) is 31.3 Å². The summed E-state index contributed by atoms with van der Waals surface area (Å²) in [5.74, 6) is 1.71. The first kappa shape index (κ1) is 9.53. The lowest BCUT2D eigenvalue weighted by Crippen LogP contribution is -2.40. The largest absolute Gasteiger partial charge is 0.496 e. The number of hydrogen-bond acceptors (Lipinski definition) is 2. The molecule has 2 heteroatoms. The van der Waals surface area contributed by atoms with Gasteiger partial charge in [-0.1, -0.05) is 17.7 Å². The number of hydrogen-bond donors (Lipinski definition) is 1. The third-order valence-corrected chi connectivity index (χ3v) is 2.87. The maximum atomic E-state index is 5.46. The maximum absolute atomic E-state index is 5.46. The average Bonchev–Trinajstić information content (AvgIpc) is 1.99. The van der Waals surface area contributed by atoms with E-state index in [4.69, 9.17) is 4.74 Å². The van der Waals surface area contributed by atoms with Gasteiger partial charge in [0.05, 0.1) is 7.11 Å². The van der Waals surface area contributed by atoms with Gasteiger partial charge in [-0.25, -0.2) is 0 Å². The molecule has 0 aliphatic carbocycles. The summed E-state index contributed by atoms with van der Waals surface area (Å²) in [6.45, 7) is 6.42. The Bertz CT molecular complexity index is 342. The van der Waals surface area contributed by atoms with Crippen LogP contribution in [-0.2, 0) is 0 Å². The van der Waals surface area contributed by atoms with E-state index in [0.717, 1.165) is 18.8 Å². The summed E-state index contributed by atoms with van der Waals surface area (Å²) < 4.78 is 5.46. The molecule has 1 N–H and O–H groups in total. The van der Waals surface area contributed by atoms with Crippen molar-refractivity contribution in [1.82, 2.24) is 5.32 Å². The predicted octanol–water partition coefficient (Wildman–Crippen LogP) is 2.00. The van der Waals surface area contributed by atoms with Crippen molar-refractivity contribution >= 4 is 0 Å². The highest BCUT2D eigenvalue weighted by Gasteiger charge is 2.23. The molecule has 0 bridgehead atoms. The molecule has 0 aromatic heterocycles. The second kappa shape index (κ2) is 3.62. The van der Waals surface area contributed by atoms with E-state index in [1.54, 1.807) is 7.11 Å². The Morgan fingerprint density at radius 2 is 2.00 bits per heavy atom. The van der Waals surface area contributed by atoms with E-state index in [1.807, 2.05) is 0 Å². The third kappa shape index (κ3) is 1.50. The molecule has 1 fully saturated rings. The molecular formula is C12H17NO. The number of methoxy groups -OCH3 is 1. The van der Waals surface area contributed by atoms with Crippen LogP contribution in [0.25, 0.3) is 0 Å². The maximum Gasteiger partial charge on any atom is 0.125 e. The van der Waals surface area contributed by atoms with E-state index in [0.29, 0.717) is 5.92 Å². The van der Waals surface area contributed by atoms with Gasteiger partial charge in [0.15, 0.2) is 0 Å². The summed E-state index contributed by atoms with van der Waals surface area (Å²) >= 11 is 0. The van der Waals surface area contributed by atoms with Crippen molar-refractivity contribution in [2.75, 3.05) is 20.2 Å². The number of nitrogens with one attached hydrogen (secondary N) is 1. The highest BCUT2D eigenvalue weighted by Crippen LogP contribution is 2.32. The molecule has 76 valence electrons. The average molecular weight is 191 g/mol. The minimum Gasteiger partial charge on any atom is -0.496 e. The second-order valence-electron chi connectivity index (χ2n) is 4.06. The van der Waals surface area contributed by atoms with Crippen LogP contribution in [0, 0.1) is 13.8 Å². The summed E-state index contributed by atoms with van der Waals surface area (Å²) in [5, 5.41) is 3.29. The van der Waals surface area contributed by atoms with Gasteiger partial charge in [-0.05, 0) is 19.4 Å². The van der Waals surface area contributed by atoms with Crippen LogP contribution in [0.5, 0.6) is 5.75 Å².